The van der Waals surface area contributed by atoms with Crippen molar-refractivity contribution in [1.82, 2.24) is 14.8 Å². The monoisotopic (exact) mass is 503 g/mol. The number of halogens is 2. The minimum Gasteiger partial charge on any atom is -0.479 e. The van der Waals surface area contributed by atoms with Gasteiger partial charge in [0, 0.05) is 11.4 Å². The van der Waals surface area contributed by atoms with Crippen LogP contribution in [0, 0.1) is 0 Å². The van der Waals surface area contributed by atoms with E-state index in [-0.39, 0.29) is 23.7 Å². The van der Waals surface area contributed by atoms with Crippen molar-refractivity contribution >= 4 is 29.2 Å². The maximum absolute atomic E-state index is 11.4. The number of alkyl halides is 1. The van der Waals surface area contributed by atoms with E-state index in [0.717, 1.165) is 0 Å². The Morgan fingerprint density at radius 1 is 1.27 bits per heavy atom. The molecule has 5 N–H and O–H groups in total. The molecular formula is C20H23Cl2N3O8. The van der Waals surface area contributed by atoms with Crippen LogP contribution in [0.2, 0.25) is 5.02 Å². The second kappa shape index (κ2) is 8.99. The van der Waals surface area contributed by atoms with E-state index in [1.165, 1.54) is 29.5 Å². The van der Waals surface area contributed by atoms with Crippen molar-refractivity contribution in [3.63, 3.8) is 0 Å². The average Bonchev–Trinajstić information content (AvgIpc) is 3.32. The highest BCUT2D eigenvalue weighted by atomic mass is 35.5. The average molecular weight is 504 g/mol. The summed E-state index contributed by atoms with van der Waals surface area (Å²) < 4.78 is 12.1. The Hall–Kier alpha value is -1.99. The molecule has 180 valence electrons. The number of hydrogen-bond donors (Lipinski definition) is 5. The van der Waals surface area contributed by atoms with Crippen molar-refractivity contribution in [2.24, 2.45) is 0 Å². The lowest BCUT2D eigenvalue weighted by molar-refractivity contribution is -0.271. The minimum atomic E-state index is -1.82. The molecule has 1 saturated heterocycles. The predicted molar refractivity (Wildman–Crippen MR) is 113 cm³/mol. The van der Waals surface area contributed by atoms with Gasteiger partial charge in [0.2, 0.25) is 6.29 Å². The van der Waals surface area contributed by atoms with Gasteiger partial charge in [-0.25, -0.2) is 14.5 Å². The quantitative estimate of drug-likeness (QED) is 0.308. The maximum atomic E-state index is 11.4. The van der Waals surface area contributed by atoms with Crippen LogP contribution in [0.5, 0.6) is 5.75 Å². The first-order valence-electron chi connectivity index (χ1n) is 10.1. The number of carbonyl (C=O) groups is 1. The molecule has 0 radical (unpaired) electrons. The van der Waals surface area contributed by atoms with Crippen LogP contribution in [0.3, 0.4) is 0 Å². The van der Waals surface area contributed by atoms with Crippen LogP contribution in [0.1, 0.15) is 18.4 Å². The Bertz CT molecular complexity index is 1010. The number of aromatic nitrogens is 3. The molecule has 1 aromatic carbocycles. The summed E-state index contributed by atoms with van der Waals surface area (Å²) in [5.41, 5.74) is -0.783. The largest absolute Gasteiger partial charge is 0.479 e. The summed E-state index contributed by atoms with van der Waals surface area (Å²) in [6, 6.07) is 4.50. The van der Waals surface area contributed by atoms with Crippen LogP contribution in [0.15, 0.2) is 30.9 Å². The van der Waals surface area contributed by atoms with Crippen LogP contribution in [0.25, 0.3) is 0 Å². The lowest BCUT2D eigenvalue weighted by atomic mass is 9.89. The third-order valence-electron chi connectivity index (χ3n) is 5.99. The zero-order valence-electron chi connectivity index (χ0n) is 17.2. The van der Waals surface area contributed by atoms with Gasteiger partial charge in [0.1, 0.15) is 42.3 Å². The molecule has 2 fully saturated rings. The van der Waals surface area contributed by atoms with Crippen molar-refractivity contribution in [3.8, 4) is 5.75 Å². The highest BCUT2D eigenvalue weighted by Crippen LogP contribution is 2.53. The van der Waals surface area contributed by atoms with Gasteiger partial charge in [-0.05, 0) is 30.5 Å². The molecule has 13 heteroatoms. The Labute approximate surface area is 198 Å². The van der Waals surface area contributed by atoms with Crippen LogP contribution < -0.4 is 4.74 Å². The van der Waals surface area contributed by atoms with Gasteiger partial charge in [-0.2, -0.15) is 5.10 Å². The first-order chi connectivity index (χ1) is 15.5. The van der Waals surface area contributed by atoms with Crippen molar-refractivity contribution in [3.05, 3.63) is 41.4 Å². The molecule has 33 heavy (non-hydrogen) atoms. The van der Waals surface area contributed by atoms with E-state index in [0.29, 0.717) is 18.4 Å². The van der Waals surface area contributed by atoms with Gasteiger partial charge in [-0.3, -0.25) is 0 Å². The first kappa shape index (κ1) is 24.1. The summed E-state index contributed by atoms with van der Waals surface area (Å²) in [6.45, 7) is 0.115. The van der Waals surface area contributed by atoms with Gasteiger partial charge in [-0.1, -0.05) is 17.7 Å². The molecule has 2 aliphatic rings. The molecular weight excluding hydrogens is 481 g/mol. The Morgan fingerprint density at radius 2 is 2.00 bits per heavy atom. The Morgan fingerprint density at radius 3 is 2.58 bits per heavy atom. The number of carboxylic acid groups (broad SMARTS) is 1. The highest BCUT2D eigenvalue weighted by Gasteiger charge is 2.58. The number of aliphatic carboxylic acids is 1. The molecule has 1 unspecified atom stereocenters. The molecule has 1 aromatic heterocycles. The summed E-state index contributed by atoms with van der Waals surface area (Å²) in [6.07, 6.45) is -4.43. The SMILES string of the molecule is O=C(O)[C@H]1O[C@@H](Oc2ccc(CC(O)(Cn3cncn3)C3(Cl)CC3)c(Cl)c2)[C@H](O)[C@@H](O)[C@@H]1O. The van der Waals surface area contributed by atoms with Gasteiger partial charge in [0.05, 0.1) is 11.4 Å². The third kappa shape index (κ3) is 4.80. The normalized spacial score (nSPS) is 30.4. The van der Waals surface area contributed by atoms with Crippen molar-refractivity contribution in [1.29, 1.82) is 0 Å². The zero-order valence-corrected chi connectivity index (χ0v) is 18.7. The summed E-state index contributed by atoms with van der Waals surface area (Å²) in [5.74, 6) is -1.40. The smallest absolute Gasteiger partial charge is 0.335 e. The van der Waals surface area contributed by atoms with Crippen LogP contribution >= 0.6 is 23.2 Å². The zero-order chi connectivity index (χ0) is 24.0. The molecule has 6 atom stereocenters. The summed E-state index contributed by atoms with van der Waals surface area (Å²) in [4.78, 5) is 14.3. The van der Waals surface area contributed by atoms with Gasteiger partial charge in [-0.15, -0.1) is 11.6 Å². The number of hydrogen-bond acceptors (Lipinski definition) is 9. The first-order valence-corrected chi connectivity index (χ1v) is 10.9. The van der Waals surface area contributed by atoms with Crippen LogP contribution in [0.4, 0.5) is 0 Å². The minimum absolute atomic E-state index is 0.115. The van der Waals surface area contributed by atoms with E-state index in [4.69, 9.17) is 37.8 Å². The fraction of sp³-hybridized carbons (Fsp3) is 0.550. The second-order valence-corrected chi connectivity index (χ2v) is 9.50. The number of aliphatic hydroxyl groups is 4. The van der Waals surface area contributed by atoms with Gasteiger partial charge < -0.3 is 35.0 Å². The predicted octanol–water partition coefficient (Wildman–Crippen LogP) is -0.0523. The summed E-state index contributed by atoms with van der Waals surface area (Å²) >= 11 is 13.0. The maximum Gasteiger partial charge on any atom is 0.335 e. The fourth-order valence-corrected chi connectivity index (χ4v) is 4.32. The number of nitrogens with zero attached hydrogens (tertiary/aromatic N) is 3. The van der Waals surface area contributed by atoms with Crippen molar-refractivity contribution in [2.45, 2.75) is 67.0 Å². The van der Waals surface area contributed by atoms with E-state index in [2.05, 4.69) is 10.1 Å². The van der Waals surface area contributed by atoms with E-state index in [9.17, 15) is 25.2 Å². The van der Waals surface area contributed by atoms with Crippen LogP contribution in [-0.4, -0.2) is 87.4 Å². The number of ether oxygens (including phenoxy) is 2. The molecule has 0 spiro atoms. The van der Waals surface area contributed by atoms with Gasteiger partial charge in [0.25, 0.3) is 0 Å². The number of carboxylic acids is 1. The molecule has 11 nitrogen and oxygen atoms in total. The number of benzene rings is 1. The highest BCUT2D eigenvalue weighted by molar-refractivity contribution is 6.31. The molecule has 0 bridgehead atoms. The Kier molecular flexibility index (Phi) is 6.58. The summed E-state index contributed by atoms with van der Waals surface area (Å²) in [7, 11) is 0. The molecule has 0 amide bonds. The van der Waals surface area contributed by atoms with Crippen molar-refractivity contribution in [2.75, 3.05) is 0 Å². The lowest BCUT2D eigenvalue weighted by Crippen LogP contribution is -2.61. The van der Waals surface area contributed by atoms with Crippen molar-refractivity contribution < 1.29 is 39.8 Å². The van der Waals surface area contributed by atoms with Gasteiger partial charge >= 0.3 is 5.97 Å². The second-order valence-electron chi connectivity index (χ2n) is 8.37. The van der Waals surface area contributed by atoms with E-state index < -0.39 is 47.2 Å². The molecule has 2 heterocycles. The van der Waals surface area contributed by atoms with E-state index in [1.54, 1.807) is 6.07 Å². The van der Waals surface area contributed by atoms with Crippen LogP contribution in [-0.2, 0) is 22.5 Å². The number of rotatable bonds is 8. The fourth-order valence-electron chi connectivity index (χ4n) is 3.86. The third-order valence-corrected chi connectivity index (χ3v) is 7.07. The van der Waals surface area contributed by atoms with E-state index in [1.807, 2.05) is 0 Å². The molecule has 1 aliphatic carbocycles. The molecule has 1 aliphatic heterocycles. The number of aliphatic hydroxyl groups excluding tert-OH is 3. The summed E-state index contributed by atoms with van der Waals surface area (Å²) in [5, 5.41) is 54.6. The van der Waals surface area contributed by atoms with Gasteiger partial charge in [0.15, 0.2) is 6.10 Å². The lowest BCUT2D eigenvalue weighted by Gasteiger charge is -2.38. The van der Waals surface area contributed by atoms with E-state index >= 15 is 0 Å². The topological polar surface area (TPSA) is 167 Å². The molecule has 1 saturated carbocycles. The molecule has 4 rings (SSSR count). The molecule has 2 aromatic rings. The Balaban J connectivity index is 1.50. The standard InChI is InChI=1S/C20H23Cl2N3O8/c21-12-5-11(32-18-15(28)13(26)14(27)16(33-18)17(29)30)2-1-10(12)6-20(31,19(22)3-4-19)7-25-9-23-8-24-25/h1-2,5,8-9,13-16,18,26-28,31H,3-4,6-7H2,(H,29,30)/t13-,14-,15+,16-,18+,20?/m0/s1.